The predicted octanol–water partition coefficient (Wildman–Crippen LogP) is 4.70. The number of carbonyl (C=O) groups is 1. The third kappa shape index (κ3) is 5.16. The van der Waals surface area contributed by atoms with Crippen molar-refractivity contribution >= 4 is 28.4 Å². The summed E-state index contributed by atoms with van der Waals surface area (Å²) in [6.45, 7) is 0.252. The first-order chi connectivity index (χ1) is 16.2. The number of halogens is 4. The highest BCUT2D eigenvalue weighted by Gasteiger charge is 2.42. The molecule has 1 N–H and O–H groups in total. The number of ether oxygens (including phenoxy) is 2. The van der Waals surface area contributed by atoms with Crippen LogP contribution in [0.5, 0.6) is 0 Å². The summed E-state index contributed by atoms with van der Waals surface area (Å²) in [6.07, 6.45) is -4.43. The number of fused-ring (bicyclic) bond motifs is 1. The number of pyridine rings is 1. The van der Waals surface area contributed by atoms with Gasteiger partial charge in [0, 0.05) is 16.3 Å². The quantitative estimate of drug-likeness (QED) is 0.546. The maximum atomic E-state index is 12.6. The Morgan fingerprint density at radius 3 is 2.65 bits per heavy atom. The van der Waals surface area contributed by atoms with Crippen molar-refractivity contribution in [2.24, 2.45) is 0 Å². The van der Waals surface area contributed by atoms with Crippen molar-refractivity contribution in [1.29, 1.82) is 0 Å². The number of nitrogens with zero attached hydrogens (tertiary/aromatic N) is 3. The fraction of sp³-hybridized carbons (Fsp3) is 0.455. The van der Waals surface area contributed by atoms with E-state index in [-0.39, 0.29) is 43.2 Å². The second-order valence-corrected chi connectivity index (χ2v) is 8.87. The van der Waals surface area contributed by atoms with Gasteiger partial charge in [-0.05, 0) is 49.9 Å². The molecule has 1 saturated carbocycles. The van der Waals surface area contributed by atoms with Crippen LogP contribution in [-0.4, -0.2) is 46.2 Å². The van der Waals surface area contributed by atoms with E-state index in [4.69, 9.17) is 20.8 Å². The normalized spacial score (nSPS) is 25.2. The van der Waals surface area contributed by atoms with Crippen LogP contribution in [0.4, 0.5) is 13.2 Å². The molecule has 2 aromatic heterocycles. The van der Waals surface area contributed by atoms with E-state index in [0.29, 0.717) is 35.0 Å². The lowest BCUT2D eigenvalue weighted by Crippen LogP contribution is -2.41. The van der Waals surface area contributed by atoms with Gasteiger partial charge in [0.25, 0.3) is 5.91 Å². The first-order valence-electron chi connectivity index (χ1n) is 10.8. The van der Waals surface area contributed by atoms with Gasteiger partial charge in [-0.25, -0.2) is 4.98 Å². The van der Waals surface area contributed by atoms with Crippen molar-refractivity contribution in [2.75, 3.05) is 6.61 Å². The van der Waals surface area contributed by atoms with E-state index in [9.17, 15) is 18.0 Å². The van der Waals surface area contributed by atoms with Gasteiger partial charge >= 0.3 is 6.36 Å². The molecule has 1 amide bonds. The van der Waals surface area contributed by atoms with Gasteiger partial charge in [-0.3, -0.25) is 9.53 Å². The molecule has 3 heterocycles. The van der Waals surface area contributed by atoms with E-state index in [1.54, 1.807) is 30.3 Å². The van der Waals surface area contributed by atoms with E-state index in [0.717, 1.165) is 5.39 Å². The zero-order chi connectivity index (χ0) is 23.9. The average molecular weight is 497 g/mol. The topological polar surface area (TPSA) is 99.4 Å². The Hall–Kier alpha value is -2.76. The molecule has 34 heavy (non-hydrogen) atoms. The predicted molar refractivity (Wildman–Crippen MR) is 113 cm³/mol. The van der Waals surface area contributed by atoms with Crippen LogP contribution in [0.25, 0.3) is 10.9 Å². The van der Waals surface area contributed by atoms with Crippen LogP contribution in [0.2, 0.25) is 5.02 Å². The van der Waals surface area contributed by atoms with Crippen molar-refractivity contribution < 1.29 is 31.9 Å². The van der Waals surface area contributed by atoms with Gasteiger partial charge in [-0.2, -0.15) is 0 Å². The highest BCUT2D eigenvalue weighted by molar-refractivity contribution is 6.31. The number of benzene rings is 1. The van der Waals surface area contributed by atoms with Crippen molar-refractivity contribution in [3.05, 3.63) is 52.8 Å². The number of amides is 1. The fourth-order valence-corrected chi connectivity index (χ4v) is 4.32. The Kier molecular flexibility index (Phi) is 6.17. The number of nitrogens with one attached hydrogen (secondary N) is 1. The van der Waals surface area contributed by atoms with E-state index in [2.05, 4.69) is 25.2 Å². The minimum atomic E-state index is -4.64. The standard InChI is InChI=1S/C22H20ClF3N4O4/c23-13-2-5-16-11(7-13)1-4-17(28-16)19(31)27-14-3-6-18(32-10-14)21-30-29-20(33-21)12-8-15(9-12)34-22(24,25)26/h1-2,4-5,7,12,14-15,18H,3,6,8-10H2,(H,27,31)/t12?,14-,15?,18+/m1/s1. The second-order valence-electron chi connectivity index (χ2n) is 8.44. The van der Waals surface area contributed by atoms with E-state index < -0.39 is 18.6 Å². The van der Waals surface area contributed by atoms with Crippen LogP contribution >= 0.6 is 11.6 Å². The Labute approximate surface area is 196 Å². The SMILES string of the molecule is O=C(N[C@@H]1CC[C@@H](c2nnc(C3CC(OC(F)(F)F)C3)o2)OC1)c1ccc2cc(Cl)ccc2n1. The lowest BCUT2D eigenvalue weighted by atomic mass is 9.82. The van der Waals surface area contributed by atoms with Crippen LogP contribution in [0.3, 0.4) is 0 Å². The maximum absolute atomic E-state index is 12.6. The van der Waals surface area contributed by atoms with Gasteiger partial charge in [0.05, 0.1) is 24.3 Å². The molecule has 5 rings (SSSR count). The summed E-state index contributed by atoms with van der Waals surface area (Å²) in [5.74, 6) is 0.0221. The monoisotopic (exact) mass is 496 g/mol. The molecular formula is C22H20ClF3N4O4. The third-order valence-corrected chi connectivity index (χ3v) is 6.21. The van der Waals surface area contributed by atoms with Crippen molar-refractivity contribution in [2.45, 2.75) is 56.2 Å². The number of rotatable bonds is 5. The van der Waals surface area contributed by atoms with Gasteiger partial charge in [-0.1, -0.05) is 17.7 Å². The fourth-order valence-electron chi connectivity index (χ4n) is 4.14. The van der Waals surface area contributed by atoms with Gasteiger partial charge in [-0.15, -0.1) is 23.4 Å². The van der Waals surface area contributed by atoms with E-state index in [1.165, 1.54) is 0 Å². The molecule has 8 nitrogen and oxygen atoms in total. The first-order valence-corrected chi connectivity index (χ1v) is 11.2. The van der Waals surface area contributed by atoms with Crippen LogP contribution < -0.4 is 5.32 Å². The number of alkyl halides is 3. The summed E-state index contributed by atoms with van der Waals surface area (Å²) in [4.78, 5) is 17.0. The number of hydrogen-bond donors (Lipinski definition) is 1. The summed E-state index contributed by atoms with van der Waals surface area (Å²) in [7, 11) is 0. The lowest BCUT2D eigenvalue weighted by Gasteiger charge is -2.33. The summed E-state index contributed by atoms with van der Waals surface area (Å²) < 4.78 is 52.2. The van der Waals surface area contributed by atoms with Crippen molar-refractivity contribution in [3.63, 3.8) is 0 Å². The zero-order valence-electron chi connectivity index (χ0n) is 17.7. The summed E-state index contributed by atoms with van der Waals surface area (Å²) in [5.41, 5.74) is 0.971. The van der Waals surface area contributed by atoms with Gasteiger partial charge in [0.1, 0.15) is 11.8 Å². The number of aromatic nitrogens is 3. The van der Waals surface area contributed by atoms with Crippen LogP contribution in [0.15, 0.2) is 34.7 Å². The van der Waals surface area contributed by atoms with Gasteiger partial charge < -0.3 is 14.5 Å². The number of carbonyl (C=O) groups excluding carboxylic acids is 1. The second kappa shape index (κ2) is 9.12. The largest absolute Gasteiger partial charge is 0.522 e. The molecule has 1 saturated heterocycles. The molecule has 3 aromatic rings. The molecule has 1 aromatic carbocycles. The summed E-state index contributed by atoms with van der Waals surface area (Å²) in [5, 5.41) is 12.3. The molecule has 2 fully saturated rings. The smallest absolute Gasteiger partial charge is 0.422 e. The molecule has 180 valence electrons. The minimum absolute atomic E-state index is 0.177. The molecule has 1 aliphatic heterocycles. The molecule has 2 atom stereocenters. The Morgan fingerprint density at radius 1 is 1.12 bits per heavy atom. The summed E-state index contributed by atoms with van der Waals surface area (Å²) in [6, 6.07) is 8.49. The lowest BCUT2D eigenvalue weighted by molar-refractivity contribution is -0.352. The third-order valence-electron chi connectivity index (χ3n) is 5.97. The average Bonchev–Trinajstić information content (AvgIpc) is 3.25. The Morgan fingerprint density at radius 2 is 1.91 bits per heavy atom. The zero-order valence-corrected chi connectivity index (χ0v) is 18.5. The highest BCUT2D eigenvalue weighted by Crippen LogP contribution is 2.41. The minimum Gasteiger partial charge on any atom is -0.422 e. The van der Waals surface area contributed by atoms with Crippen LogP contribution in [0, 0.1) is 0 Å². The molecule has 1 aliphatic carbocycles. The van der Waals surface area contributed by atoms with E-state index >= 15 is 0 Å². The Balaban J connectivity index is 1.12. The molecule has 2 aliphatic rings. The molecule has 12 heteroatoms. The highest BCUT2D eigenvalue weighted by atomic mass is 35.5. The molecule has 0 radical (unpaired) electrons. The first kappa shape index (κ1) is 23.0. The van der Waals surface area contributed by atoms with Crippen LogP contribution in [0.1, 0.15) is 60.0 Å². The van der Waals surface area contributed by atoms with Gasteiger partial charge in [0.2, 0.25) is 11.8 Å². The number of hydrogen-bond acceptors (Lipinski definition) is 7. The van der Waals surface area contributed by atoms with Crippen molar-refractivity contribution in [1.82, 2.24) is 20.5 Å². The van der Waals surface area contributed by atoms with E-state index in [1.807, 2.05) is 0 Å². The Bertz CT molecular complexity index is 1190. The molecule has 0 bridgehead atoms. The van der Waals surface area contributed by atoms with Crippen molar-refractivity contribution in [3.8, 4) is 0 Å². The molecule has 0 spiro atoms. The maximum Gasteiger partial charge on any atom is 0.522 e. The van der Waals surface area contributed by atoms with Gasteiger partial charge in [0.15, 0.2) is 0 Å². The summed E-state index contributed by atoms with van der Waals surface area (Å²) >= 11 is 5.98. The van der Waals surface area contributed by atoms with Crippen LogP contribution in [-0.2, 0) is 9.47 Å². The molecule has 0 unspecified atom stereocenters. The molecular weight excluding hydrogens is 477 g/mol.